The monoisotopic (exact) mass is 1580 g/mol. The van der Waals surface area contributed by atoms with Crippen molar-refractivity contribution >= 4 is 111 Å². The number of hydrogen-bond donors (Lipinski definition) is 0. The van der Waals surface area contributed by atoms with Crippen LogP contribution in [-0.2, 0) is 10.8 Å². The highest BCUT2D eigenvalue weighted by Gasteiger charge is 2.63. The van der Waals surface area contributed by atoms with Crippen molar-refractivity contribution in [2.75, 3.05) is 9.80 Å². The van der Waals surface area contributed by atoms with E-state index in [9.17, 15) is 0 Å². The summed E-state index contributed by atoms with van der Waals surface area (Å²) in [4.78, 5) is 10.2. The van der Waals surface area contributed by atoms with Crippen molar-refractivity contribution in [3.8, 4) is 86.3 Å². The van der Waals surface area contributed by atoms with Crippen molar-refractivity contribution in [1.82, 2.24) is 0 Å². The van der Waals surface area contributed by atoms with E-state index in [0.29, 0.717) is 11.8 Å². The average Bonchev–Trinajstić information content (AvgIpc) is 1.50. The van der Waals surface area contributed by atoms with Gasteiger partial charge in [0.1, 0.15) is 0 Å². The van der Waals surface area contributed by atoms with Gasteiger partial charge >= 0.3 is 0 Å². The summed E-state index contributed by atoms with van der Waals surface area (Å²) in [5, 5.41) is 12.7. The highest BCUT2D eigenvalue weighted by atomic mass is 32.1. The molecule has 2 fully saturated rings. The van der Waals surface area contributed by atoms with E-state index >= 15 is 0 Å². The Morgan fingerprint density at radius 3 is 0.950 bits per heavy atom. The molecule has 19 aromatic rings. The molecule has 4 aliphatic carbocycles. The van der Waals surface area contributed by atoms with Gasteiger partial charge < -0.3 is 9.80 Å². The molecule has 4 unspecified atom stereocenters. The molecule has 0 radical (unpaired) electrons. The van der Waals surface area contributed by atoms with Crippen molar-refractivity contribution in [1.29, 1.82) is 0 Å². The third kappa shape index (κ3) is 11.6. The summed E-state index contributed by atoms with van der Waals surface area (Å²) >= 11 is 3.80. The van der Waals surface area contributed by atoms with Gasteiger partial charge in [0.05, 0.1) is 11.4 Å². The van der Waals surface area contributed by atoms with Crippen LogP contribution in [0, 0.1) is 10.8 Å². The summed E-state index contributed by atoms with van der Waals surface area (Å²) in [7, 11) is 0. The Morgan fingerprint density at radius 2 is 0.533 bits per heavy atom. The molecule has 4 heteroatoms. The Morgan fingerprint density at radius 1 is 0.233 bits per heavy atom. The zero-order valence-corrected chi connectivity index (χ0v) is 70.3. The van der Waals surface area contributed by atoms with E-state index in [-0.39, 0.29) is 21.7 Å². The molecule has 0 aliphatic heterocycles. The maximum absolute atomic E-state index is 2.57. The minimum absolute atomic E-state index is 0.0561. The summed E-state index contributed by atoms with van der Waals surface area (Å²) in [5.41, 5.74) is 29.5. The Labute approximate surface area is 712 Å². The molecule has 4 bridgehead atoms. The number of rotatable bonds is 14. The highest BCUT2D eigenvalue weighted by Crippen LogP contribution is 2.74. The van der Waals surface area contributed by atoms with Gasteiger partial charge in [0, 0.05) is 63.8 Å². The van der Waals surface area contributed by atoms with E-state index in [1.807, 2.05) is 22.7 Å². The molecule has 2 saturated carbocycles. The number of fused-ring (bicyclic) bond motifs is 15. The SMILES string of the molecule is CC12CCC(c3c1c(-c1ccccc1)c1ccc(-c4ccc(-c5ccc(-c6ccc7ccccc7c6)s5)s4)cc1c3-c1ccccc1)C2(C)C.CC12CCC(c3c1c(-c1ccccc1)c1ccc(-c4ccc5c(N(c6ccccc6)c6ccccc6)c6ccccc6c(N(c6ccccc6)c6ccccc6)c5c4)cc1c3-c1ccccc1)C2(C)C. The molecule has 0 N–H and O–H groups in total. The maximum atomic E-state index is 2.57. The quantitative estimate of drug-likeness (QED) is 0.0791. The number of nitrogens with zero attached hydrogens (tertiary/aromatic N) is 2. The number of hydrogen-bond acceptors (Lipinski definition) is 4. The van der Waals surface area contributed by atoms with E-state index in [2.05, 4.69) is 440 Å². The third-order valence-corrected chi connectivity index (χ3v) is 31.2. The normalized spacial score (nSPS) is 17.6. The Hall–Kier alpha value is -13.0. The van der Waals surface area contributed by atoms with Crippen LogP contribution in [0.2, 0.25) is 0 Å². The first-order chi connectivity index (χ1) is 58.8. The van der Waals surface area contributed by atoms with Crippen molar-refractivity contribution < 1.29 is 0 Å². The van der Waals surface area contributed by atoms with Gasteiger partial charge in [0.2, 0.25) is 0 Å². The van der Waals surface area contributed by atoms with Crippen molar-refractivity contribution in [3.63, 3.8) is 0 Å². The first-order valence-electron chi connectivity index (χ1n) is 42.8. The molecule has 17 aromatic carbocycles. The predicted octanol–water partition coefficient (Wildman–Crippen LogP) is 33.9. The second kappa shape index (κ2) is 28.9. The summed E-state index contributed by atoms with van der Waals surface area (Å²) in [6.07, 6.45) is 4.92. The lowest BCUT2D eigenvalue weighted by Gasteiger charge is -2.37. The fourth-order valence-electron chi connectivity index (χ4n) is 22.3. The van der Waals surface area contributed by atoms with Crippen LogP contribution in [0.1, 0.15) is 101 Å². The molecule has 578 valence electrons. The molecule has 2 nitrogen and oxygen atoms in total. The van der Waals surface area contributed by atoms with Gasteiger partial charge in [-0.3, -0.25) is 0 Å². The van der Waals surface area contributed by atoms with Gasteiger partial charge in [-0.1, -0.05) is 333 Å². The molecular weight excluding hydrogens is 1490 g/mol. The number of thiophene rings is 2. The van der Waals surface area contributed by atoms with Gasteiger partial charge in [-0.05, 0) is 278 Å². The molecule has 0 amide bonds. The lowest BCUT2D eigenvalue weighted by atomic mass is 9.67. The topological polar surface area (TPSA) is 6.48 Å². The van der Waals surface area contributed by atoms with Crippen LogP contribution in [0.4, 0.5) is 34.1 Å². The van der Waals surface area contributed by atoms with E-state index in [0.717, 1.165) is 34.1 Å². The zero-order chi connectivity index (χ0) is 80.6. The lowest BCUT2D eigenvalue weighted by Crippen LogP contribution is -2.31. The van der Waals surface area contributed by atoms with Gasteiger partial charge in [-0.25, -0.2) is 0 Å². The summed E-state index contributed by atoms with van der Waals surface area (Å²) < 4.78 is 0. The van der Waals surface area contributed by atoms with Crippen LogP contribution < -0.4 is 9.80 Å². The van der Waals surface area contributed by atoms with Gasteiger partial charge in [-0.15, -0.1) is 22.7 Å². The van der Waals surface area contributed by atoms with Crippen molar-refractivity contribution in [2.24, 2.45) is 10.8 Å². The first kappa shape index (κ1) is 73.4. The van der Waals surface area contributed by atoms with Crippen molar-refractivity contribution in [3.05, 3.63) is 411 Å². The largest absolute Gasteiger partial charge is 0.309 e. The van der Waals surface area contributed by atoms with E-state index < -0.39 is 0 Å². The molecule has 0 saturated heterocycles. The van der Waals surface area contributed by atoms with Crippen LogP contribution in [0.25, 0.3) is 140 Å². The minimum Gasteiger partial charge on any atom is -0.309 e. The predicted molar refractivity (Wildman–Crippen MR) is 515 cm³/mol. The number of para-hydroxylation sites is 4. The summed E-state index contributed by atoms with van der Waals surface area (Å²) in [6, 6.07) is 144. The van der Waals surface area contributed by atoms with Gasteiger partial charge in [0.25, 0.3) is 0 Å². The third-order valence-electron chi connectivity index (χ3n) is 28.8. The van der Waals surface area contributed by atoms with Crippen LogP contribution in [-0.4, -0.2) is 0 Å². The Kier molecular flexibility index (Phi) is 17.7. The summed E-state index contributed by atoms with van der Waals surface area (Å²) in [5.74, 6) is 1.00. The van der Waals surface area contributed by atoms with Gasteiger partial charge in [-0.2, -0.15) is 0 Å². The zero-order valence-electron chi connectivity index (χ0n) is 68.6. The van der Waals surface area contributed by atoms with E-state index in [1.54, 1.807) is 22.3 Å². The fraction of sp³-hybridized carbons (Fsp3) is 0.138. The van der Waals surface area contributed by atoms with Crippen LogP contribution in [0.15, 0.2) is 388 Å². The molecule has 120 heavy (non-hydrogen) atoms. The van der Waals surface area contributed by atoms with Crippen LogP contribution in [0.3, 0.4) is 0 Å². The van der Waals surface area contributed by atoms with Gasteiger partial charge in [0.15, 0.2) is 0 Å². The molecular formula is C116H92N2S2. The maximum Gasteiger partial charge on any atom is 0.0620 e. The molecule has 2 heterocycles. The second-order valence-corrected chi connectivity index (χ2v) is 37.4. The van der Waals surface area contributed by atoms with Crippen LogP contribution in [0.5, 0.6) is 0 Å². The molecule has 2 aromatic heterocycles. The van der Waals surface area contributed by atoms with Crippen molar-refractivity contribution in [2.45, 2.75) is 89.9 Å². The second-order valence-electron chi connectivity index (χ2n) is 35.3. The summed E-state index contributed by atoms with van der Waals surface area (Å²) in [6.45, 7) is 15.3. The molecule has 4 atom stereocenters. The smallest absolute Gasteiger partial charge is 0.0620 e. The molecule has 0 spiro atoms. The van der Waals surface area contributed by atoms with E-state index in [1.165, 1.54) is 166 Å². The number of benzene rings is 17. The molecule has 4 aliphatic rings. The fourth-order valence-corrected chi connectivity index (χ4v) is 24.3. The standard InChI is InChI=1S/C68H54N2.C48H38S2/c1-67(2)60-42-43-68(67,3)64-62(47-26-12-5-13-27-47)54-40-38-48(44-58(54)61(63(60)64)46-24-10-4-11-25-46)49-39-41-57-59(45-49)66(70(52-32-18-8-19-33-52)53-34-20-9-21-35-53)56-37-23-22-36-55(56)65(57)69(50-28-14-6-15-29-50)51-30-16-7-17-31-51;1-47(2)38-26-27-48(47,3)46-44(32-15-8-5-9-16-32)36-21-20-35(29-37(36)43(45(38)46)31-13-6-4-7-14-31)40-23-25-42(50-40)41-24-22-39(49-41)34-19-18-30-12-10-11-17-33(30)28-34/h4-41,44-45,60H,42-43H2,1-3H3;4-25,28-29,38H,26-27H2,1-3H3. The van der Waals surface area contributed by atoms with E-state index in [4.69, 9.17) is 0 Å². The van der Waals surface area contributed by atoms with Crippen LogP contribution >= 0.6 is 22.7 Å². The Bertz CT molecular complexity index is 7100. The lowest BCUT2D eigenvalue weighted by molar-refractivity contribution is 0.231. The Balaban J connectivity index is 0.000000152. The highest BCUT2D eigenvalue weighted by molar-refractivity contribution is 7.25. The number of anilines is 6. The molecule has 23 rings (SSSR count). The first-order valence-corrected chi connectivity index (χ1v) is 44.4. The minimum atomic E-state index is 0.0561. The average molecular weight is 1580 g/mol.